The van der Waals surface area contributed by atoms with Crippen LogP contribution >= 0.6 is 0 Å². The van der Waals surface area contributed by atoms with Crippen molar-refractivity contribution in [3.8, 4) is 5.75 Å². The van der Waals surface area contributed by atoms with Gasteiger partial charge in [-0.05, 0) is 56.0 Å². The Kier molecular flexibility index (Phi) is 8.16. The second-order valence-corrected chi connectivity index (χ2v) is 10.8. The van der Waals surface area contributed by atoms with Crippen molar-refractivity contribution in [1.29, 1.82) is 0 Å². The Morgan fingerprint density at radius 1 is 1.26 bits per heavy atom. The highest BCUT2D eigenvalue weighted by Crippen LogP contribution is 2.40. The number of hydrogen-bond donors (Lipinski definition) is 4. The van der Waals surface area contributed by atoms with Gasteiger partial charge in [-0.1, -0.05) is 38.1 Å². The zero-order valence-electron chi connectivity index (χ0n) is 23.0. The predicted octanol–water partition coefficient (Wildman–Crippen LogP) is 2.86. The number of benzene rings is 2. The van der Waals surface area contributed by atoms with Crippen molar-refractivity contribution in [2.75, 3.05) is 6.61 Å². The Balaban J connectivity index is 1.68. The van der Waals surface area contributed by atoms with Crippen LogP contribution in [0.5, 0.6) is 5.75 Å². The third kappa shape index (κ3) is 5.71. The van der Waals surface area contributed by atoms with Crippen LogP contribution in [0.4, 0.5) is 0 Å². The number of ether oxygens (including phenoxy) is 1. The van der Waals surface area contributed by atoms with E-state index in [4.69, 9.17) is 10.5 Å². The maximum Gasteiger partial charge on any atom is 0.232 e. The van der Waals surface area contributed by atoms with Gasteiger partial charge in [0.25, 0.3) is 0 Å². The van der Waals surface area contributed by atoms with Crippen LogP contribution in [0.25, 0.3) is 5.70 Å². The Morgan fingerprint density at radius 2 is 1.97 bits per heavy atom. The molecule has 2 aromatic carbocycles. The topological polar surface area (TPSA) is 137 Å². The molecule has 208 valence electrons. The minimum atomic E-state index is -1.11. The molecule has 5 N–H and O–H groups in total. The van der Waals surface area contributed by atoms with Gasteiger partial charge in [0.15, 0.2) is 11.9 Å². The number of carbonyl (C=O) groups excluding carboxylic acids is 2. The molecule has 1 heterocycles. The lowest BCUT2D eigenvalue weighted by Gasteiger charge is -2.36. The zero-order valence-corrected chi connectivity index (χ0v) is 23.0. The molecule has 0 bridgehead atoms. The van der Waals surface area contributed by atoms with Crippen LogP contribution < -0.4 is 15.8 Å². The summed E-state index contributed by atoms with van der Waals surface area (Å²) in [5.74, 6) is 2.45. The van der Waals surface area contributed by atoms with Crippen molar-refractivity contribution in [2.45, 2.75) is 83.2 Å². The molecular formula is C30H38N4O5. The van der Waals surface area contributed by atoms with Gasteiger partial charge >= 0.3 is 0 Å². The molecule has 1 aliphatic carbocycles. The van der Waals surface area contributed by atoms with Crippen molar-refractivity contribution in [2.24, 2.45) is 10.7 Å². The number of amides is 1. The molecule has 4 rings (SSSR count). The summed E-state index contributed by atoms with van der Waals surface area (Å²) < 4.78 is 5.93. The summed E-state index contributed by atoms with van der Waals surface area (Å²) in [6.45, 7) is 7.34. The van der Waals surface area contributed by atoms with Crippen molar-refractivity contribution < 1.29 is 24.5 Å². The summed E-state index contributed by atoms with van der Waals surface area (Å²) in [5, 5.41) is 23.9. The molecule has 0 radical (unpaired) electrons. The number of nitrogens with one attached hydrogen (secondary N) is 1. The fourth-order valence-electron chi connectivity index (χ4n) is 5.42. The monoisotopic (exact) mass is 534 g/mol. The molecule has 0 spiro atoms. The van der Waals surface area contributed by atoms with Crippen molar-refractivity contribution in [3.05, 3.63) is 64.7 Å². The van der Waals surface area contributed by atoms with Gasteiger partial charge in [0.2, 0.25) is 5.91 Å². The molecule has 3 atom stereocenters. The summed E-state index contributed by atoms with van der Waals surface area (Å²) in [6, 6.07) is 12.4. The number of aliphatic hydroxyl groups is 2. The van der Waals surface area contributed by atoms with Crippen LogP contribution in [0.1, 0.15) is 75.3 Å². The standard InChI is InChI=1S/C30H38N4O5/c1-5-30(6-2)15-26(37)34(28(31)33-30)16-22-13-20(11-12-25(22)39-19(3)17-35)24(18-36)32-27-23-10-8-7-9-21(23)14-29(27,4)38/h7-13,19,27,32,35,38H,5-6,14-17H2,1-4H3,(H2,31,33). The summed E-state index contributed by atoms with van der Waals surface area (Å²) >= 11 is 0. The van der Waals surface area contributed by atoms with Gasteiger partial charge in [-0.3, -0.25) is 9.69 Å². The molecule has 0 saturated heterocycles. The minimum Gasteiger partial charge on any atom is -0.488 e. The first-order chi connectivity index (χ1) is 18.6. The lowest BCUT2D eigenvalue weighted by molar-refractivity contribution is -0.130. The Labute approximate surface area is 229 Å². The Hall–Kier alpha value is -3.65. The normalized spacial score (nSPS) is 22.5. The number of fused-ring (bicyclic) bond motifs is 1. The first kappa shape index (κ1) is 28.4. The second-order valence-electron chi connectivity index (χ2n) is 10.8. The molecule has 2 aliphatic rings. The van der Waals surface area contributed by atoms with E-state index in [-0.39, 0.29) is 37.1 Å². The Bertz CT molecular complexity index is 1310. The van der Waals surface area contributed by atoms with Crippen LogP contribution in [-0.2, 0) is 22.6 Å². The molecule has 9 heteroatoms. The van der Waals surface area contributed by atoms with Gasteiger partial charge in [0, 0.05) is 17.5 Å². The van der Waals surface area contributed by atoms with Crippen LogP contribution in [0.2, 0.25) is 0 Å². The molecule has 2 aromatic rings. The number of aliphatic imine (C=N–C) groups is 1. The van der Waals surface area contributed by atoms with Gasteiger partial charge < -0.3 is 26.0 Å². The molecule has 0 saturated carbocycles. The fourth-order valence-corrected chi connectivity index (χ4v) is 5.42. The summed E-state index contributed by atoms with van der Waals surface area (Å²) in [5.41, 5.74) is 7.90. The lowest BCUT2D eigenvalue weighted by Crippen LogP contribution is -2.50. The molecule has 0 aromatic heterocycles. The smallest absolute Gasteiger partial charge is 0.232 e. The molecular weight excluding hydrogens is 496 g/mol. The van der Waals surface area contributed by atoms with Gasteiger partial charge in [-0.2, -0.15) is 0 Å². The van der Waals surface area contributed by atoms with E-state index in [1.54, 1.807) is 32.0 Å². The molecule has 39 heavy (non-hydrogen) atoms. The van der Waals surface area contributed by atoms with Crippen LogP contribution in [0.3, 0.4) is 0 Å². The summed E-state index contributed by atoms with van der Waals surface area (Å²) in [7, 11) is 0. The molecule has 9 nitrogen and oxygen atoms in total. The maximum atomic E-state index is 13.2. The van der Waals surface area contributed by atoms with E-state index in [9.17, 15) is 19.8 Å². The number of nitrogens with zero attached hydrogens (tertiary/aromatic N) is 2. The van der Waals surface area contributed by atoms with Crippen molar-refractivity contribution in [3.63, 3.8) is 0 Å². The van der Waals surface area contributed by atoms with E-state index >= 15 is 0 Å². The van der Waals surface area contributed by atoms with Crippen molar-refractivity contribution in [1.82, 2.24) is 10.2 Å². The third-order valence-corrected chi connectivity index (χ3v) is 7.92. The molecule has 1 amide bonds. The summed E-state index contributed by atoms with van der Waals surface area (Å²) in [4.78, 5) is 31.5. The predicted molar refractivity (Wildman–Crippen MR) is 149 cm³/mol. The lowest BCUT2D eigenvalue weighted by atomic mass is 9.88. The highest BCUT2D eigenvalue weighted by atomic mass is 16.5. The van der Waals surface area contributed by atoms with Gasteiger partial charge in [0.1, 0.15) is 17.6 Å². The Morgan fingerprint density at radius 3 is 2.62 bits per heavy atom. The molecule has 3 unspecified atom stereocenters. The average molecular weight is 535 g/mol. The van der Waals surface area contributed by atoms with E-state index in [1.807, 2.05) is 44.1 Å². The van der Waals surface area contributed by atoms with E-state index in [1.165, 1.54) is 4.90 Å². The van der Waals surface area contributed by atoms with E-state index in [0.29, 0.717) is 36.1 Å². The third-order valence-electron chi connectivity index (χ3n) is 7.92. The quantitative estimate of drug-likeness (QED) is 0.344. The van der Waals surface area contributed by atoms with Crippen molar-refractivity contribution >= 4 is 23.5 Å². The fraction of sp³-hybridized carbons (Fsp3) is 0.467. The zero-order chi connectivity index (χ0) is 28.4. The number of hydrogen-bond acceptors (Lipinski definition) is 8. The van der Waals surface area contributed by atoms with E-state index < -0.39 is 23.3 Å². The minimum absolute atomic E-state index is 0.0785. The molecule has 0 fully saturated rings. The number of aliphatic hydroxyl groups excluding tert-OH is 1. The average Bonchev–Trinajstić information content (AvgIpc) is 3.18. The highest BCUT2D eigenvalue weighted by Gasteiger charge is 2.41. The SMILES string of the molecule is CCC1(CC)CC(=O)N(Cc2cc(C(=C=O)NC3c4ccccc4CC3(C)O)ccc2OC(C)CO)C(N)=N1. The number of rotatable bonds is 10. The maximum absolute atomic E-state index is 13.2. The largest absolute Gasteiger partial charge is 0.488 e. The van der Waals surface area contributed by atoms with Crippen LogP contribution in [0.15, 0.2) is 47.5 Å². The number of guanidine groups is 1. The second kappa shape index (κ2) is 11.2. The van der Waals surface area contributed by atoms with Crippen LogP contribution in [-0.4, -0.2) is 56.8 Å². The van der Waals surface area contributed by atoms with Gasteiger partial charge in [-0.15, -0.1) is 0 Å². The van der Waals surface area contributed by atoms with Gasteiger partial charge in [-0.25, -0.2) is 9.79 Å². The highest BCUT2D eigenvalue weighted by molar-refractivity contribution is 5.99. The number of carbonyl (C=O) groups is 1. The number of nitrogens with two attached hydrogens (primary N) is 1. The van der Waals surface area contributed by atoms with Crippen LogP contribution in [0, 0.1) is 0 Å². The summed E-state index contributed by atoms with van der Waals surface area (Å²) in [6.07, 6.45) is 1.62. The van der Waals surface area contributed by atoms with E-state index in [2.05, 4.69) is 10.3 Å². The van der Waals surface area contributed by atoms with Gasteiger partial charge in [0.05, 0.1) is 36.8 Å². The first-order valence-corrected chi connectivity index (χ1v) is 13.4. The molecule has 1 aliphatic heterocycles. The first-order valence-electron chi connectivity index (χ1n) is 13.4. The van der Waals surface area contributed by atoms with E-state index in [0.717, 1.165) is 11.1 Å².